The van der Waals surface area contributed by atoms with Gasteiger partial charge in [0, 0.05) is 5.56 Å². The van der Waals surface area contributed by atoms with Crippen molar-refractivity contribution in [2.24, 2.45) is 0 Å². The van der Waals surface area contributed by atoms with Crippen molar-refractivity contribution in [3.63, 3.8) is 0 Å². The normalized spacial score (nSPS) is 11.4. The number of nitrogens with zero attached hydrogens (tertiary/aromatic N) is 2. The molecule has 0 radical (unpaired) electrons. The summed E-state index contributed by atoms with van der Waals surface area (Å²) in [4.78, 5) is 23.6. The molecule has 0 aliphatic heterocycles. The number of hydrogen-bond donors (Lipinski definition) is 0. The molecule has 12 heteroatoms. The first-order valence-electron chi connectivity index (χ1n) is 5.92. The van der Waals surface area contributed by atoms with Crippen LogP contribution in [-0.4, -0.2) is 28.8 Å². The number of nitro groups is 1. The average molecular weight is 344 g/mol. The maximum atomic E-state index is 13.1. The van der Waals surface area contributed by atoms with E-state index in [1.807, 2.05) is 0 Å². The number of alkyl halides is 5. The zero-order chi connectivity index (χ0) is 17.8. The van der Waals surface area contributed by atoms with Gasteiger partial charge < -0.3 is 19.6 Å². The van der Waals surface area contributed by atoms with E-state index in [1.165, 1.54) is 6.92 Å². The van der Waals surface area contributed by atoms with Gasteiger partial charge in [-0.25, -0.2) is 8.78 Å². The number of esters is 1. The predicted molar refractivity (Wildman–Crippen MR) is 62.9 cm³/mol. The highest BCUT2D eigenvalue weighted by Crippen LogP contribution is 2.40. The van der Waals surface area contributed by atoms with Gasteiger partial charge in [0.05, 0.1) is 18.6 Å². The van der Waals surface area contributed by atoms with E-state index in [2.05, 4.69) is 14.5 Å². The highest BCUT2D eigenvalue weighted by Gasteiger charge is 2.39. The molecule has 0 aromatic carbocycles. The highest BCUT2D eigenvalue weighted by atomic mass is 19.4. The van der Waals surface area contributed by atoms with Crippen molar-refractivity contribution in [1.82, 2.24) is 4.98 Å². The first-order chi connectivity index (χ1) is 10.6. The van der Waals surface area contributed by atoms with E-state index in [0.717, 1.165) is 0 Å². The summed E-state index contributed by atoms with van der Waals surface area (Å²) in [5, 5.41) is 10.7. The number of carbonyl (C=O) groups excluding carboxylic acids is 1. The maximum Gasteiger partial charge on any atom is 0.573 e. The topological polar surface area (TPSA) is 91.6 Å². The third-order valence-corrected chi connectivity index (χ3v) is 2.39. The zero-order valence-corrected chi connectivity index (χ0v) is 11.4. The zero-order valence-electron chi connectivity index (χ0n) is 11.4. The molecule has 0 aliphatic carbocycles. The average Bonchev–Trinajstić information content (AvgIpc) is 2.36. The minimum atomic E-state index is -5.46. The lowest BCUT2D eigenvalue weighted by molar-refractivity contribution is -0.393. The standard InChI is InChI=1S/C11H9F5N2O5/c1-2-22-6(19)3-5-4-17-10(18(20)21)8(7(5)9(12)13)23-11(14,15)16/h4,9H,2-3H2,1H3. The van der Waals surface area contributed by atoms with Crippen LogP contribution in [0.4, 0.5) is 27.8 Å². The van der Waals surface area contributed by atoms with Crippen molar-refractivity contribution in [2.75, 3.05) is 6.61 Å². The summed E-state index contributed by atoms with van der Waals surface area (Å²) < 4.78 is 71.0. The van der Waals surface area contributed by atoms with Gasteiger partial charge in [-0.15, -0.1) is 13.2 Å². The Morgan fingerprint density at radius 2 is 2.04 bits per heavy atom. The molecule has 0 spiro atoms. The molecule has 7 nitrogen and oxygen atoms in total. The lowest BCUT2D eigenvalue weighted by atomic mass is 10.1. The minimum absolute atomic E-state index is 0.0881. The van der Waals surface area contributed by atoms with E-state index in [0.29, 0.717) is 6.20 Å². The van der Waals surface area contributed by atoms with Crippen LogP contribution in [0.5, 0.6) is 5.75 Å². The smallest absolute Gasteiger partial charge is 0.466 e. The van der Waals surface area contributed by atoms with Crippen molar-refractivity contribution in [2.45, 2.75) is 26.1 Å². The lowest BCUT2D eigenvalue weighted by Crippen LogP contribution is -2.21. The first-order valence-corrected chi connectivity index (χ1v) is 5.92. The van der Waals surface area contributed by atoms with Gasteiger partial charge in [0.2, 0.25) is 5.75 Å². The van der Waals surface area contributed by atoms with Gasteiger partial charge in [-0.1, -0.05) is 0 Å². The molecular formula is C11H9F5N2O5. The van der Waals surface area contributed by atoms with Gasteiger partial charge in [0.15, 0.2) is 0 Å². The molecule has 1 aromatic heterocycles. The fourth-order valence-corrected chi connectivity index (χ4v) is 1.63. The molecule has 1 rings (SSSR count). The summed E-state index contributed by atoms with van der Waals surface area (Å²) in [7, 11) is 0. The van der Waals surface area contributed by atoms with Crippen LogP contribution in [0.15, 0.2) is 6.20 Å². The third-order valence-electron chi connectivity index (χ3n) is 2.39. The number of pyridine rings is 1. The van der Waals surface area contributed by atoms with E-state index in [1.54, 1.807) is 0 Å². The van der Waals surface area contributed by atoms with Crippen LogP contribution < -0.4 is 4.74 Å². The van der Waals surface area contributed by atoms with Gasteiger partial charge in [-0.05, 0) is 16.8 Å². The van der Waals surface area contributed by atoms with Crippen LogP contribution in [0.3, 0.4) is 0 Å². The van der Waals surface area contributed by atoms with Crippen molar-refractivity contribution < 1.29 is 41.1 Å². The van der Waals surface area contributed by atoms with Crippen LogP contribution >= 0.6 is 0 Å². The Labute approximate surface area is 125 Å². The Bertz CT molecular complexity index is 605. The molecule has 0 amide bonds. The number of rotatable bonds is 6. The molecule has 0 aliphatic rings. The fraction of sp³-hybridized carbons (Fsp3) is 0.455. The molecule has 23 heavy (non-hydrogen) atoms. The van der Waals surface area contributed by atoms with Gasteiger partial charge in [-0.2, -0.15) is 0 Å². The summed E-state index contributed by atoms with van der Waals surface area (Å²) in [5.41, 5.74) is -2.10. The van der Waals surface area contributed by atoms with Crippen molar-refractivity contribution in [3.8, 4) is 5.75 Å². The first kappa shape index (κ1) is 18.5. The van der Waals surface area contributed by atoms with E-state index in [9.17, 15) is 36.9 Å². The molecular weight excluding hydrogens is 335 g/mol. The van der Waals surface area contributed by atoms with Crippen LogP contribution in [0.2, 0.25) is 0 Å². The molecule has 128 valence electrons. The Morgan fingerprint density at radius 3 is 2.48 bits per heavy atom. The maximum absolute atomic E-state index is 13.1. The summed E-state index contributed by atoms with van der Waals surface area (Å²) in [6.07, 6.45) is -9.36. The van der Waals surface area contributed by atoms with Gasteiger partial charge in [0.1, 0.15) is 6.20 Å². The van der Waals surface area contributed by atoms with Crippen LogP contribution in [0, 0.1) is 10.1 Å². The number of halogens is 5. The van der Waals surface area contributed by atoms with E-state index >= 15 is 0 Å². The SMILES string of the molecule is CCOC(=O)Cc1cnc([N+](=O)[O-])c(OC(F)(F)F)c1C(F)F. The molecule has 0 atom stereocenters. The molecule has 0 fully saturated rings. The number of aromatic nitrogens is 1. The summed E-state index contributed by atoms with van der Waals surface area (Å²) in [6.45, 7) is 1.34. The Morgan fingerprint density at radius 1 is 1.43 bits per heavy atom. The van der Waals surface area contributed by atoms with Crippen molar-refractivity contribution in [3.05, 3.63) is 27.4 Å². The Kier molecular flexibility index (Phi) is 5.76. The molecule has 1 aromatic rings. The predicted octanol–water partition coefficient (Wildman–Crippen LogP) is 2.93. The van der Waals surface area contributed by atoms with Gasteiger partial charge >= 0.3 is 18.1 Å². The largest absolute Gasteiger partial charge is 0.573 e. The number of ether oxygens (including phenoxy) is 2. The molecule has 0 saturated carbocycles. The minimum Gasteiger partial charge on any atom is -0.466 e. The molecule has 0 unspecified atom stereocenters. The van der Waals surface area contributed by atoms with Crippen LogP contribution in [0.1, 0.15) is 24.5 Å². The Balaban J connectivity index is 3.46. The van der Waals surface area contributed by atoms with Gasteiger partial charge in [0.25, 0.3) is 6.43 Å². The van der Waals surface area contributed by atoms with Gasteiger partial charge in [-0.3, -0.25) is 4.79 Å². The molecule has 1 heterocycles. The van der Waals surface area contributed by atoms with Crippen molar-refractivity contribution >= 4 is 11.8 Å². The second-order valence-corrected chi connectivity index (χ2v) is 3.94. The molecule has 0 bridgehead atoms. The molecule has 0 N–H and O–H groups in total. The van der Waals surface area contributed by atoms with Crippen LogP contribution in [-0.2, 0) is 16.0 Å². The van der Waals surface area contributed by atoms with E-state index in [4.69, 9.17) is 0 Å². The van der Waals surface area contributed by atoms with E-state index < -0.39 is 52.8 Å². The Hall–Kier alpha value is -2.53. The quantitative estimate of drug-likeness (QED) is 0.341. The second kappa shape index (κ2) is 7.15. The molecule has 0 saturated heterocycles. The monoisotopic (exact) mass is 344 g/mol. The van der Waals surface area contributed by atoms with Crippen LogP contribution in [0.25, 0.3) is 0 Å². The fourth-order valence-electron chi connectivity index (χ4n) is 1.63. The van der Waals surface area contributed by atoms with Crippen molar-refractivity contribution in [1.29, 1.82) is 0 Å². The summed E-state index contributed by atoms with van der Waals surface area (Å²) in [6, 6.07) is 0. The number of carbonyl (C=O) groups is 1. The third kappa shape index (κ3) is 5.00. The summed E-state index contributed by atoms with van der Waals surface area (Å²) >= 11 is 0. The number of hydrogen-bond acceptors (Lipinski definition) is 6. The highest BCUT2D eigenvalue weighted by molar-refractivity contribution is 5.73. The van der Waals surface area contributed by atoms with E-state index in [-0.39, 0.29) is 6.61 Å². The lowest BCUT2D eigenvalue weighted by Gasteiger charge is -2.14. The summed E-state index contributed by atoms with van der Waals surface area (Å²) in [5.74, 6) is -4.30. The second-order valence-electron chi connectivity index (χ2n) is 3.94.